The molecule has 1 aromatic carbocycles. The third-order valence-electron chi connectivity index (χ3n) is 3.10. The Morgan fingerprint density at radius 3 is 2.78 bits per heavy atom. The zero-order valence-electron chi connectivity index (χ0n) is 13.3. The summed E-state index contributed by atoms with van der Waals surface area (Å²) in [5, 5.41) is 13.8. The monoisotopic (exact) mass is 319 g/mol. The molecule has 0 bridgehead atoms. The summed E-state index contributed by atoms with van der Waals surface area (Å²) in [4.78, 5) is 11.9. The van der Waals surface area contributed by atoms with Crippen molar-refractivity contribution in [2.24, 2.45) is 0 Å². The van der Waals surface area contributed by atoms with Gasteiger partial charge in [0.2, 0.25) is 0 Å². The number of ether oxygens (including phenoxy) is 2. The third kappa shape index (κ3) is 5.33. The zero-order valence-corrected chi connectivity index (χ0v) is 13.3. The number of nitrogens with zero attached hydrogens (tertiary/aromatic N) is 4. The molecule has 23 heavy (non-hydrogen) atoms. The van der Waals surface area contributed by atoms with Crippen molar-refractivity contribution in [1.29, 1.82) is 0 Å². The number of nitrogens with one attached hydrogen (secondary N) is 1. The number of carbonyl (C=O) groups is 1. The van der Waals surface area contributed by atoms with E-state index in [0.717, 1.165) is 12.1 Å². The lowest BCUT2D eigenvalue weighted by Gasteiger charge is -2.15. The summed E-state index contributed by atoms with van der Waals surface area (Å²) in [6.07, 6.45) is 1.72. The maximum Gasteiger partial charge on any atom is 0.260 e. The lowest BCUT2D eigenvalue weighted by atomic mass is 10.3. The second-order valence-electron chi connectivity index (χ2n) is 4.85. The molecule has 0 aliphatic rings. The Hall–Kier alpha value is -2.48. The van der Waals surface area contributed by atoms with E-state index in [4.69, 9.17) is 9.47 Å². The Labute approximate surface area is 134 Å². The molecule has 0 spiro atoms. The second-order valence-corrected chi connectivity index (χ2v) is 4.85. The number of hydrogen-bond donors (Lipinski definition) is 1. The predicted octanol–water partition coefficient (Wildman–Crippen LogP) is 0.972. The normalized spacial score (nSPS) is 11.9. The Balaban J connectivity index is 1.78. The van der Waals surface area contributed by atoms with E-state index in [1.54, 1.807) is 19.1 Å². The number of benzene rings is 1. The van der Waals surface area contributed by atoms with Gasteiger partial charge >= 0.3 is 0 Å². The molecule has 0 saturated heterocycles. The molecular weight excluding hydrogens is 298 g/mol. The predicted molar refractivity (Wildman–Crippen MR) is 83.4 cm³/mol. The number of carbonyl (C=O) groups excluding carboxylic acids is 1. The van der Waals surface area contributed by atoms with Gasteiger partial charge in [0.25, 0.3) is 5.91 Å². The van der Waals surface area contributed by atoms with Crippen molar-refractivity contribution in [1.82, 2.24) is 25.5 Å². The molecule has 0 fully saturated rings. The van der Waals surface area contributed by atoms with Crippen LogP contribution in [-0.2, 0) is 9.53 Å². The minimum atomic E-state index is -0.569. The molecule has 0 saturated carbocycles. The molecule has 2 rings (SSSR count). The molecule has 8 nitrogen and oxygen atoms in total. The Bertz CT molecular complexity index is 586. The molecule has 0 aliphatic carbocycles. The molecule has 0 aliphatic heterocycles. The fourth-order valence-corrected chi connectivity index (χ4v) is 1.89. The van der Waals surface area contributed by atoms with Gasteiger partial charge in [0, 0.05) is 19.8 Å². The van der Waals surface area contributed by atoms with Gasteiger partial charge < -0.3 is 14.8 Å². The highest BCUT2D eigenvalue weighted by Gasteiger charge is 2.14. The van der Waals surface area contributed by atoms with Crippen LogP contribution in [0.25, 0.3) is 5.69 Å². The first kappa shape index (κ1) is 16.9. The van der Waals surface area contributed by atoms with Crippen molar-refractivity contribution in [3.63, 3.8) is 0 Å². The van der Waals surface area contributed by atoms with Gasteiger partial charge in [-0.15, -0.1) is 5.10 Å². The molecule has 1 amide bonds. The second kappa shape index (κ2) is 8.84. The molecule has 2 aromatic rings. The van der Waals surface area contributed by atoms with Gasteiger partial charge in [-0.05, 0) is 55.0 Å². The van der Waals surface area contributed by atoms with Crippen LogP contribution in [0.15, 0.2) is 30.6 Å². The van der Waals surface area contributed by atoms with Gasteiger partial charge in [-0.3, -0.25) is 4.79 Å². The van der Waals surface area contributed by atoms with Crippen LogP contribution < -0.4 is 10.1 Å². The highest BCUT2D eigenvalue weighted by Crippen LogP contribution is 2.15. The van der Waals surface area contributed by atoms with Gasteiger partial charge in [-0.1, -0.05) is 0 Å². The average Bonchev–Trinajstić information content (AvgIpc) is 3.09. The van der Waals surface area contributed by atoms with Crippen molar-refractivity contribution in [3.8, 4) is 11.4 Å². The maximum atomic E-state index is 11.9. The number of aromatic nitrogens is 4. The standard InChI is InChI=1S/C15H21N5O3/c1-3-22-10-4-9-16-15(21)12(2)23-14-7-5-13(6-8-14)20-11-17-18-19-20/h5-8,11-12H,3-4,9-10H2,1-2H3,(H,16,21)/t12-/m1/s1. The molecule has 124 valence electrons. The molecule has 1 N–H and O–H groups in total. The number of hydrogen-bond acceptors (Lipinski definition) is 6. The van der Waals surface area contributed by atoms with Crippen molar-refractivity contribution in [3.05, 3.63) is 30.6 Å². The van der Waals surface area contributed by atoms with Crippen molar-refractivity contribution in [2.45, 2.75) is 26.4 Å². The zero-order chi connectivity index (χ0) is 16.5. The first-order chi connectivity index (χ1) is 11.2. The molecule has 0 radical (unpaired) electrons. The van der Waals surface area contributed by atoms with E-state index < -0.39 is 6.10 Å². The van der Waals surface area contributed by atoms with Crippen molar-refractivity contribution >= 4 is 5.91 Å². The van der Waals surface area contributed by atoms with E-state index in [1.807, 2.05) is 19.1 Å². The van der Waals surface area contributed by atoms with Crippen LogP contribution in [-0.4, -0.2) is 52.0 Å². The first-order valence-electron chi connectivity index (χ1n) is 7.56. The van der Waals surface area contributed by atoms with Gasteiger partial charge in [0.05, 0.1) is 5.69 Å². The van der Waals surface area contributed by atoms with Crippen LogP contribution in [0.4, 0.5) is 0 Å². The van der Waals surface area contributed by atoms with E-state index >= 15 is 0 Å². The lowest BCUT2D eigenvalue weighted by molar-refractivity contribution is -0.127. The quantitative estimate of drug-likeness (QED) is 0.693. The SMILES string of the molecule is CCOCCCNC(=O)[C@@H](C)Oc1ccc(-n2cnnn2)cc1. The van der Waals surface area contributed by atoms with Crippen LogP contribution in [0.5, 0.6) is 5.75 Å². The summed E-state index contributed by atoms with van der Waals surface area (Å²) >= 11 is 0. The number of tetrazole rings is 1. The van der Waals surface area contributed by atoms with E-state index in [9.17, 15) is 4.79 Å². The number of rotatable bonds is 9. The molecule has 1 heterocycles. The van der Waals surface area contributed by atoms with E-state index in [-0.39, 0.29) is 5.91 Å². The highest BCUT2D eigenvalue weighted by atomic mass is 16.5. The average molecular weight is 319 g/mol. The summed E-state index contributed by atoms with van der Waals surface area (Å²) in [6.45, 7) is 5.57. The summed E-state index contributed by atoms with van der Waals surface area (Å²) in [5.41, 5.74) is 0.815. The smallest absolute Gasteiger partial charge is 0.260 e. The van der Waals surface area contributed by atoms with Crippen LogP contribution in [0, 0.1) is 0 Å². The molecule has 1 aromatic heterocycles. The molecular formula is C15H21N5O3. The summed E-state index contributed by atoms with van der Waals surface area (Å²) in [6, 6.07) is 7.18. The summed E-state index contributed by atoms with van der Waals surface area (Å²) < 4.78 is 12.4. The molecule has 0 unspecified atom stereocenters. The molecule has 8 heteroatoms. The van der Waals surface area contributed by atoms with Crippen LogP contribution in [0.3, 0.4) is 0 Å². The summed E-state index contributed by atoms with van der Waals surface area (Å²) in [5.74, 6) is 0.463. The lowest BCUT2D eigenvalue weighted by Crippen LogP contribution is -2.37. The third-order valence-corrected chi connectivity index (χ3v) is 3.10. The fourth-order valence-electron chi connectivity index (χ4n) is 1.89. The topological polar surface area (TPSA) is 91.2 Å². The van der Waals surface area contributed by atoms with Gasteiger partial charge in [-0.2, -0.15) is 0 Å². The maximum absolute atomic E-state index is 11.9. The van der Waals surface area contributed by atoms with Crippen LogP contribution in [0.1, 0.15) is 20.3 Å². The van der Waals surface area contributed by atoms with E-state index in [2.05, 4.69) is 20.8 Å². The number of amides is 1. The Morgan fingerprint density at radius 2 is 2.13 bits per heavy atom. The van der Waals surface area contributed by atoms with Crippen molar-refractivity contribution in [2.75, 3.05) is 19.8 Å². The van der Waals surface area contributed by atoms with E-state index in [0.29, 0.717) is 25.5 Å². The Kier molecular flexibility index (Phi) is 6.49. The van der Waals surface area contributed by atoms with Crippen LogP contribution in [0.2, 0.25) is 0 Å². The fraction of sp³-hybridized carbons (Fsp3) is 0.467. The van der Waals surface area contributed by atoms with Gasteiger partial charge in [0.15, 0.2) is 6.10 Å². The van der Waals surface area contributed by atoms with E-state index in [1.165, 1.54) is 11.0 Å². The van der Waals surface area contributed by atoms with Crippen molar-refractivity contribution < 1.29 is 14.3 Å². The van der Waals surface area contributed by atoms with Gasteiger partial charge in [-0.25, -0.2) is 4.68 Å². The first-order valence-corrected chi connectivity index (χ1v) is 7.56. The summed E-state index contributed by atoms with van der Waals surface area (Å²) in [7, 11) is 0. The highest BCUT2D eigenvalue weighted by molar-refractivity contribution is 5.80. The largest absolute Gasteiger partial charge is 0.481 e. The van der Waals surface area contributed by atoms with Gasteiger partial charge in [0.1, 0.15) is 12.1 Å². The minimum absolute atomic E-state index is 0.147. The Morgan fingerprint density at radius 1 is 1.35 bits per heavy atom. The van der Waals surface area contributed by atoms with Crippen LogP contribution >= 0.6 is 0 Å². The minimum Gasteiger partial charge on any atom is -0.481 e. The molecule has 1 atom stereocenters.